The standard InChI is InChI=1S/C15H10BrFO/c1-2-9-18-15-6-4-3-5-12(15)13-10-11(17)7-8-14(13)16/h1,3-8,10H,9H2. The highest BCUT2D eigenvalue weighted by molar-refractivity contribution is 9.10. The predicted molar refractivity (Wildman–Crippen MR) is 73.9 cm³/mol. The van der Waals surface area contributed by atoms with Gasteiger partial charge in [0.15, 0.2) is 0 Å². The molecule has 2 aromatic rings. The van der Waals surface area contributed by atoms with Gasteiger partial charge in [0.1, 0.15) is 18.2 Å². The van der Waals surface area contributed by atoms with Gasteiger partial charge in [-0.2, -0.15) is 0 Å². The molecule has 1 nitrogen and oxygen atoms in total. The lowest BCUT2D eigenvalue weighted by molar-refractivity contribution is 0.372. The monoisotopic (exact) mass is 304 g/mol. The summed E-state index contributed by atoms with van der Waals surface area (Å²) in [6.07, 6.45) is 5.17. The normalized spacial score (nSPS) is 9.83. The zero-order valence-corrected chi connectivity index (χ0v) is 11.1. The van der Waals surface area contributed by atoms with Gasteiger partial charge in [-0.1, -0.05) is 40.0 Å². The summed E-state index contributed by atoms with van der Waals surface area (Å²) in [5.41, 5.74) is 1.54. The number of benzene rings is 2. The van der Waals surface area contributed by atoms with Crippen LogP contribution in [0.25, 0.3) is 11.1 Å². The van der Waals surface area contributed by atoms with Crippen LogP contribution in [0.4, 0.5) is 4.39 Å². The minimum Gasteiger partial charge on any atom is -0.480 e. The van der Waals surface area contributed by atoms with Crippen molar-refractivity contribution in [3.05, 3.63) is 52.8 Å². The molecule has 2 rings (SSSR count). The van der Waals surface area contributed by atoms with E-state index in [1.807, 2.05) is 24.3 Å². The van der Waals surface area contributed by atoms with Gasteiger partial charge in [-0.05, 0) is 24.3 Å². The van der Waals surface area contributed by atoms with E-state index in [9.17, 15) is 4.39 Å². The van der Waals surface area contributed by atoms with E-state index in [0.29, 0.717) is 5.75 Å². The first kappa shape index (κ1) is 12.7. The van der Waals surface area contributed by atoms with E-state index in [-0.39, 0.29) is 12.4 Å². The Morgan fingerprint density at radius 1 is 1.17 bits per heavy atom. The van der Waals surface area contributed by atoms with Crippen LogP contribution in [0.15, 0.2) is 46.9 Å². The van der Waals surface area contributed by atoms with Crippen LogP contribution in [0.3, 0.4) is 0 Å². The maximum atomic E-state index is 13.3. The molecule has 0 fully saturated rings. The van der Waals surface area contributed by atoms with Gasteiger partial charge in [-0.15, -0.1) is 6.42 Å². The van der Waals surface area contributed by atoms with E-state index in [1.165, 1.54) is 12.1 Å². The van der Waals surface area contributed by atoms with Crippen molar-refractivity contribution in [3.8, 4) is 29.2 Å². The van der Waals surface area contributed by atoms with Gasteiger partial charge < -0.3 is 4.74 Å². The first-order chi connectivity index (χ1) is 8.72. The summed E-state index contributed by atoms with van der Waals surface area (Å²) in [5, 5.41) is 0. The summed E-state index contributed by atoms with van der Waals surface area (Å²) >= 11 is 3.41. The summed E-state index contributed by atoms with van der Waals surface area (Å²) in [4.78, 5) is 0. The van der Waals surface area contributed by atoms with Crippen LogP contribution in [-0.4, -0.2) is 6.61 Å². The van der Waals surface area contributed by atoms with Crippen LogP contribution in [-0.2, 0) is 0 Å². The second-order valence-corrected chi connectivity index (χ2v) is 4.47. The third-order valence-electron chi connectivity index (χ3n) is 2.42. The molecular formula is C15H10BrFO. The summed E-state index contributed by atoms with van der Waals surface area (Å²) in [5.74, 6) is 2.76. The first-order valence-electron chi connectivity index (χ1n) is 5.33. The molecule has 2 aromatic carbocycles. The summed E-state index contributed by atoms with van der Waals surface area (Å²) in [7, 11) is 0. The summed E-state index contributed by atoms with van der Waals surface area (Å²) in [6, 6.07) is 11.9. The fourth-order valence-electron chi connectivity index (χ4n) is 1.64. The molecule has 0 saturated heterocycles. The lowest BCUT2D eigenvalue weighted by Gasteiger charge is -2.11. The molecule has 0 N–H and O–H groups in total. The van der Waals surface area contributed by atoms with Crippen LogP contribution < -0.4 is 4.74 Å². The molecule has 0 aromatic heterocycles. The van der Waals surface area contributed by atoms with E-state index in [1.54, 1.807) is 6.07 Å². The van der Waals surface area contributed by atoms with Gasteiger partial charge in [-0.3, -0.25) is 0 Å². The van der Waals surface area contributed by atoms with Crippen LogP contribution in [0.1, 0.15) is 0 Å². The molecule has 0 bridgehead atoms. The van der Waals surface area contributed by atoms with Crippen molar-refractivity contribution in [2.24, 2.45) is 0 Å². The maximum absolute atomic E-state index is 13.3. The van der Waals surface area contributed by atoms with E-state index in [4.69, 9.17) is 11.2 Å². The Balaban J connectivity index is 2.50. The van der Waals surface area contributed by atoms with Crippen LogP contribution >= 0.6 is 15.9 Å². The molecule has 18 heavy (non-hydrogen) atoms. The zero-order chi connectivity index (χ0) is 13.0. The number of hydrogen-bond donors (Lipinski definition) is 0. The second kappa shape index (κ2) is 5.70. The van der Waals surface area contributed by atoms with E-state index >= 15 is 0 Å². The minimum atomic E-state index is -0.292. The molecule has 0 aliphatic carbocycles. The summed E-state index contributed by atoms with van der Waals surface area (Å²) < 4.78 is 19.6. The largest absolute Gasteiger partial charge is 0.480 e. The number of ether oxygens (including phenoxy) is 1. The average molecular weight is 305 g/mol. The third-order valence-corrected chi connectivity index (χ3v) is 3.11. The number of hydrogen-bond acceptors (Lipinski definition) is 1. The Morgan fingerprint density at radius 3 is 2.72 bits per heavy atom. The average Bonchev–Trinajstić information content (AvgIpc) is 2.39. The van der Waals surface area contributed by atoms with E-state index in [0.717, 1.165) is 15.6 Å². The van der Waals surface area contributed by atoms with Crippen molar-refractivity contribution in [1.29, 1.82) is 0 Å². The Kier molecular flexibility index (Phi) is 4.01. The SMILES string of the molecule is C#CCOc1ccccc1-c1cc(F)ccc1Br. The third kappa shape index (κ3) is 2.72. The van der Waals surface area contributed by atoms with Gasteiger partial charge in [0.2, 0.25) is 0 Å². The molecule has 3 heteroatoms. The Bertz CT molecular complexity index is 602. The fourth-order valence-corrected chi connectivity index (χ4v) is 2.10. The van der Waals surface area contributed by atoms with Crippen LogP contribution in [0, 0.1) is 18.2 Å². The molecule has 90 valence electrons. The number of rotatable bonds is 3. The van der Waals surface area contributed by atoms with Crippen molar-refractivity contribution in [2.75, 3.05) is 6.61 Å². The quantitative estimate of drug-likeness (QED) is 0.770. The van der Waals surface area contributed by atoms with Crippen LogP contribution in [0.2, 0.25) is 0 Å². The van der Waals surface area contributed by atoms with Crippen molar-refractivity contribution < 1.29 is 9.13 Å². The molecule has 0 heterocycles. The molecule has 0 amide bonds. The molecule has 0 saturated carbocycles. The summed E-state index contributed by atoms with van der Waals surface area (Å²) in [6.45, 7) is 0.184. The highest BCUT2D eigenvalue weighted by Gasteiger charge is 2.09. The first-order valence-corrected chi connectivity index (χ1v) is 6.12. The van der Waals surface area contributed by atoms with Crippen LogP contribution in [0.5, 0.6) is 5.75 Å². The highest BCUT2D eigenvalue weighted by atomic mass is 79.9. The van der Waals surface area contributed by atoms with Gasteiger partial charge in [0.05, 0.1) is 0 Å². The fraction of sp³-hybridized carbons (Fsp3) is 0.0667. The smallest absolute Gasteiger partial charge is 0.148 e. The van der Waals surface area contributed by atoms with Crippen molar-refractivity contribution in [3.63, 3.8) is 0 Å². The number of para-hydroxylation sites is 1. The molecule has 0 aliphatic rings. The lowest BCUT2D eigenvalue weighted by atomic mass is 10.0. The van der Waals surface area contributed by atoms with Crippen molar-refractivity contribution in [1.82, 2.24) is 0 Å². The lowest BCUT2D eigenvalue weighted by Crippen LogP contribution is -1.96. The molecule has 0 spiro atoms. The van der Waals surface area contributed by atoms with E-state index < -0.39 is 0 Å². The second-order valence-electron chi connectivity index (χ2n) is 3.61. The Labute approximate surface area is 114 Å². The number of halogens is 2. The predicted octanol–water partition coefficient (Wildman–Crippen LogP) is 4.27. The molecule has 0 radical (unpaired) electrons. The Hall–Kier alpha value is -1.79. The Morgan fingerprint density at radius 2 is 1.94 bits per heavy atom. The van der Waals surface area contributed by atoms with E-state index in [2.05, 4.69) is 21.9 Å². The number of terminal acetylenes is 1. The van der Waals surface area contributed by atoms with Crippen molar-refractivity contribution >= 4 is 15.9 Å². The molecule has 0 aliphatic heterocycles. The minimum absolute atomic E-state index is 0.184. The highest BCUT2D eigenvalue weighted by Crippen LogP contribution is 2.35. The van der Waals surface area contributed by atoms with Gasteiger partial charge >= 0.3 is 0 Å². The maximum Gasteiger partial charge on any atom is 0.148 e. The van der Waals surface area contributed by atoms with Gasteiger partial charge in [0.25, 0.3) is 0 Å². The van der Waals surface area contributed by atoms with Crippen molar-refractivity contribution in [2.45, 2.75) is 0 Å². The topological polar surface area (TPSA) is 9.23 Å². The molecule has 0 atom stereocenters. The molecule has 0 unspecified atom stereocenters. The zero-order valence-electron chi connectivity index (χ0n) is 9.49. The van der Waals surface area contributed by atoms with Gasteiger partial charge in [-0.25, -0.2) is 4.39 Å². The van der Waals surface area contributed by atoms with Gasteiger partial charge in [0, 0.05) is 15.6 Å². The molecular weight excluding hydrogens is 295 g/mol.